The predicted octanol–water partition coefficient (Wildman–Crippen LogP) is 2.58. The van der Waals surface area contributed by atoms with Gasteiger partial charge in [-0.3, -0.25) is 14.9 Å². The van der Waals surface area contributed by atoms with Gasteiger partial charge in [0.25, 0.3) is 11.6 Å². The topological polar surface area (TPSA) is 81.0 Å². The number of anilines is 1. The van der Waals surface area contributed by atoms with Crippen molar-refractivity contribution in [2.75, 3.05) is 5.32 Å². The van der Waals surface area contributed by atoms with Crippen molar-refractivity contribution in [2.45, 2.75) is 6.54 Å². The summed E-state index contributed by atoms with van der Waals surface area (Å²) in [5.74, 6) is -0.271. The molecule has 0 saturated heterocycles. The fourth-order valence-electron chi connectivity index (χ4n) is 2.52. The number of carbonyl (C=O) groups is 1. The Bertz CT molecular complexity index is 946. The standard InChI is InChI=1S/C17H14N4O3/c1-2-19-12-20(16-9-4-3-8-15(16)19)11-17(22)18-13-6-5-7-14(10-13)21(23)24/h2-10,12H,1,11H2/p+1. The lowest BCUT2D eigenvalue weighted by atomic mass is 10.3. The Morgan fingerprint density at radius 1 is 1.29 bits per heavy atom. The van der Waals surface area contributed by atoms with Crippen LogP contribution < -0.4 is 9.88 Å². The number of carbonyl (C=O) groups excluding carboxylic acids is 1. The van der Waals surface area contributed by atoms with Gasteiger partial charge in [-0.15, -0.1) is 0 Å². The van der Waals surface area contributed by atoms with E-state index in [1.165, 1.54) is 18.2 Å². The van der Waals surface area contributed by atoms with Gasteiger partial charge in [0.05, 0.1) is 11.1 Å². The van der Waals surface area contributed by atoms with Crippen LogP contribution in [0, 0.1) is 10.1 Å². The summed E-state index contributed by atoms with van der Waals surface area (Å²) in [6.45, 7) is 3.84. The number of imidazole rings is 1. The third kappa shape index (κ3) is 3.00. The summed E-state index contributed by atoms with van der Waals surface area (Å²) in [4.78, 5) is 22.6. The number of amides is 1. The number of hydrogen-bond donors (Lipinski definition) is 1. The Balaban J connectivity index is 1.82. The van der Waals surface area contributed by atoms with Crippen LogP contribution in [0.15, 0.2) is 61.4 Å². The highest BCUT2D eigenvalue weighted by Gasteiger charge is 2.17. The molecule has 0 spiro atoms. The van der Waals surface area contributed by atoms with Crippen LogP contribution in [0.2, 0.25) is 0 Å². The minimum absolute atomic E-state index is 0.0660. The summed E-state index contributed by atoms with van der Waals surface area (Å²) in [6.07, 6.45) is 3.45. The highest BCUT2D eigenvalue weighted by molar-refractivity contribution is 5.90. The van der Waals surface area contributed by atoms with Crippen LogP contribution in [0.3, 0.4) is 0 Å². The maximum atomic E-state index is 12.3. The van der Waals surface area contributed by atoms with Gasteiger partial charge in [-0.05, 0) is 18.2 Å². The molecule has 0 aliphatic carbocycles. The summed E-state index contributed by atoms with van der Waals surface area (Å²) in [5.41, 5.74) is 2.16. The lowest BCUT2D eigenvalue weighted by Gasteiger charge is -2.03. The fraction of sp³-hybridized carbons (Fsp3) is 0.0588. The van der Waals surface area contributed by atoms with Gasteiger partial charge < -0.3 is 5.32 Å². The van der Waals surface area contributed by atoms with Crippen LogP contribution in [0.4, 0.5) is 11.4 Å². The number of nitro groups is 1. The first-order chi connectivity index (χ1) is 11.6. The molecule has 0 fully saturated rings. The van der Waals surface area contributed by atoms with E-state index in [1.807, 2.05) is 28.8 Å². The molecule has 0 unspecified atom stereocenters. The highest BCUT2D eigenvalue weighted by atomic mass is 16.6. The maximum Gasteiger partial charge on any atom is 0.271 e. The second kappa shape index (κ2) is 6.33. The Morgan fingerprint density at radius 3 is 2.83 bits per heavy atom. The predicted molar refractivity (Wildman–Crippen MR) is 90.2 cm³/mol. The number of hydrogen-bond acceptors (Lipinski definition) is 3. The van der Waals surface area contributed by atoms with Gasteiger partial charge in [0.15, 0.2) is 17.6 Å². The zero-order valence-electron chi connectivity index (χ0n) is 12.8. The van der Waals surface area contributed by atoms with E-state index in [0.717, 1.165) is 11.0 Å². The molecule has 7 nitrogen and oxygen atoms in total. The zero-order chi connectivity index (χ0) is 17.1. The summed E-state index contributed by atoms with van der Waals surface area (Å²) in [6, 6.07) is 13.5. The van der Waals surface area contributed by atoms with Gasteiger partial charge in [-0.25, -0.2) is 9.13 Å². The van der Waals surface area contributed by atoms with E-state index in [1.54, 1.807) is 23.2 Å². The van der Waals surface area contributed by atoms with Gasteiger partial charge in [0.2, 0.25) is 6.33 Å². The zero-order valence-corrected chi connectivity index (χ0v) is 12.8. The molecule has 1 amide bonds. The van der Waals surface area contributed by atoms with Crippen molar-refractivity contribution in [1.29, 1.82) is 0 Å². The lowest BCUT2D eigenvalue weighted by molar-refractivity contribution is -0.658. The number of nitrogens with one attached hydrogen (secondary N) is 1. The monoisotopic (exact) mass is 323 g/mol. The molecule has 0 bridgehead atoms. The average Bonchev–Trinajstić information content (AvgIpc) is 2.93. The van der Waals surface area contributed by atoms with Crippen LogP contribution in [-0.2, 0) is 11.3 Å². The first-order valence-electron chi connectivity index (χ1n) is 7.24. The van der Waals surface area contributed by atoms with E-state index >= 15 is 0 Å². The third-order valence-electron chi connectivity index (χ3n) is 3.58. The van der Waals surface area contributed by atoms with E-state index in [-0.39, 0.29) is 18.1 Å². The van der Waals surface area contributed by atoms with Gasteiger partial charge in [0, 0.05) is 17.8 Å². The van der Waals surface area contributed by atoms with Crippen molar-refractivity contribution in [3.05, 3.63) is 71.6 Å². The third-order valence-corrected chi connectivity index (χ3v) is 3.58. The van der Waals surface area contributed by atoms with E-state index in [9.17, 15) is 14.9 Å². The number of non-ortho nitro benzene ring substituents is 1. The summed E-state index contributed by atoms with van der Waals surface area (Å²) in [5, 5.41) is 13.5. The van der Waals surface area contributed by atoms with Gasteiger partial charge in [-0.1, -0.05) is 24.8 Å². The highest BCUT2D eigenvalue weighted by Crippen LogP contribution is 2.17. The van der Waals surface area contributed by atoms with Gasteiger partial charge in [0.1, 0.15) is 0 Å². The van der Waals surface area contributed by atoms with E-state index < -0.39 is 4.92 Å². The quantitative estimate of drug-likeness (QED) is 0.445. The molecule has 0 aliphatic heterocycles. The van der Waals surface area contributed by atoms with Gasteiger partial charge >= 0.3 is 0 Å². The molecule has 120 valence electrons. The minimum atomic E-state index is -0.498. The van der Waals surface area contributed by atoms with Crippen molar-refractivity contribution < 1.29 is 14.3 Å². The fourth-order valence-corrected chi connectivity index (χ4v) is 2.52. The number of nitrogens with zero attached hydrogens (tertiary/aromatic N) is 3. The van der Waals surface area contributed by atoms with Crippen LogP contribution in [-0.4, -0.2) is 15.4 Å². The Kier molecular flexibility index (Phi) is 4.07. The molecular formula is C17H15N4O3+. The van der Waals surface area contributed by atoms with Crippen LogP contribution in [0.1, 0.15) is 0 Å². The first-order valence-corrected chi connectivity index (χ1v) is 7.24. The molecular weight excluding hydrogens is 308 g/mol. The number of aromatic nitrogens is 2. The molecule has 0 radical (unpaired) electrons. The number of para-hydroxylation sites is 2. The van der Waals surface area contributed by atoms with Crippen molar-refractivity contribution in [3.8, 4) is 0 Å². The van der Waals surface area contributed by atoms with Crippen molar-refractivity contribution in [3.63, 3.8) is 0 Å². The molecule has 0 atom stereocenters. The molecule has 3 rings (SSSR count). The molecule has 1 aromatic heterocycles. The molecule has 1 N–H and O–H groups in total. The largest absolute Gasteiger partial charge is 0.322 e. The SMILES string of the molecule is C=Cn1c[n+](CC(=O)Nc2cccc([N+](=O)[O-])c2)c2ccccc21. The van der Waals surface area contributed by atoms with Gasteiger partial charge in [-0.2, -0.15) is 0 Å². The number of fused-ring (bicyclic) bond motifs is 1. The number of rotatable bonds is 5. The van der Waals surface area contributed by atoms with E-state index in [4.69, 9.17) is 0 Å². The van der Waals surface area contributed by atoms with Crippen LogP contribution in [0.25, 0.3) is 17.2 Å². The molecule has 24 heavy (non-hydrogen) atoms. The second-order valence-corrected chi connectivity index (χ2v) is 5.18. The Hall–Kier alpha value is -3.48. The lowest BCUT2D eigenvalue weighted by Crippen LogP contribution is -2.39. The molecule has 1 heterocycles. The van der Waals surface area contributed by atoms with E-state index in [2.05, 4.69) is 11.9 Å². The first kappa shape index (κ1) is 15.4. The summed E-state index contributed by atoms with van der Waals surface area (Å²) < 4.78 is 3.62. The second-order valence-electron chi connectivity index (χ2n) is 5.18. The summed E-state index contributed by atoms with van der Waals surface area (Å²) in [7, 11) is 0. The van der Waals surface area contributed by atoms with Crippen molar-refractivity contribution >= 4 is 34.5 Å². The summed E-state index contributed by atoms with van der Waals surface area (Å²) >= 11 is 0. The van der Waals surface area contributed by atoms with E-state index in [0.29, 0.717) is 5.69 Å². The Labute approximate surface area is 137 Å². The van der Waals surface area contributed by atoms with Crippen molar-refractivity contribution in [1.82, 2.24) is 4.57 Å². The average molecular weight is 323 g/mol. The normalized spacial score (nSPS) is 10.5. The number of nitro benzene ring substituents is 1. The smallest absolute Gasteiger partial charge is 0.271 e. The maximum absolute atomic E-state index is 12.3. The number of benzene rings is 2. The molecule has 0 aliphatic rings. The molecule has 0 saturated carbocycles. The Morgan fingerprint density at radius 2 is 2.08 bits per heavy atom. The van der Waals surface area contributed by atoms with Crippen LogP contribution >= 0.6 is 0 Å². The molecule has 7 heteroatoms. The minimum Gasteiger partial charge on any atom is -0.322 e. The molecule has 3 aromatic rings. The molecule has 2 aromatic carbocycles. The van der Waals surface area contributed by atoms with Crippen LogP contribution in [0.5, 0.6) is 0 Å². The van der Waals surface area contributed by atoms with Crippen molar-refractivity contribution in [2.24, 2.45) is 0 Å².